The number of phenols is 1. The smallest absolute Gasteiger partial charge is 0.122 e. The van der Waals surface area contributed by atoms with E-state index in [0.29, 0.717) is 22.2 Å². The van der Waals surface area contributed by atoms with Crippen LogP contribution >= 0.6 is 39.1 Å². The molecule has 0 unspecified atom stereocenters. The van der Waals surface area contributed by atoms with Crippen LogP contribution in [0.5, 0.6) is 5.75 Å². The lowest BCUT2D eigenvalue weighted by Gasteiger charge is -2.13. The quantitative estimate of drug-likeness (QED) is 0.673. The van der Waals surface area contributed by atoms with Crippen LogP contribution in [0.25, 0.3) is 5.57 Å². The second-order valence-electron chi connectivity index (χ2n) is 5.26. The number of hydrogen-bond donors (Lipinski definition) is 1. The Labute approximate surface area is 142 Å². The Morgan fingerprint density at radius 1 is 1.10 bits per heavy atom. The van der Waals surface area contributed by atoms with Gasteiger partial charge in [0.15, 0.2) is 0 Å². The molecule has 1 N–H and O–H groups in total. The van der Waals surface area contributed by atoms with Gasteiger partial charge in [-0.25, -0.2) is 0 Å². The molecular weight excluding hydrogens is 371 g/mol. The normalized spacial score (nSPS) is 13.2. The fraction of sp³-hybridized carbons (Fsp3) is 0.176. The number of halogens is 3. The van der Waals surface area contributed by atoms with Crippen molar-refractivity contribution in [3.8, 4) is 5.75 Å². The van der Waals surface area contributed by atoms with Gasteiger partial charge in [0.25, 0.3) is 0 Å². The van der Waals surface area contributed by atoms with Crippen molar-refractivity contribution in [1.82, 2.24) is 0 Å². The predicted octanol–water partition coefficient (Wildman–Crippen LogP) is 6.15. The van der Waals surface area contributed by atoms with E-state index in [0.717, 1.165) is 27.6 Å². The molecule has 21 heavy (non-hydrogen) atoms. The van der Waals surface area contributed by atoms with Gasteiger partial charge in [-0.15, -0.1) is 0 Å². The van der Waals surface area contributed by atoms with Crippen molar-refractivity contribution in [1.29, 1.82) is 0 Å². The van der Waals surface area contributed by atoms with Gasteiger partial charge in [-0.05, 0) is 59.9 Å². The van der Waals surface area contributed by atoms with Crippen LogP contribution in [0.15, 0.2) is 34.8 Å². The number of aromatic hydroxyl groups is 1. The number of hydrogen-bond acceptors (Lipinski definition) is 1. The van der Waals surface area contributed by atoms with Gasteiger partial charge in [-0.2, -0.15) is 0 Å². The summed E-state index contributed by atoms with van der Waals surface area (Å²) in [5, 5.41) is 11.6. The lowest BCUT2D eigenvalue weighted by Crippen LogP contribution is -1.96. The first-order valence-electron chi connectivity index (χ1n) is 6.61. The molecule has 0 radical (unpaired) electrons. The summed E-state index contributed by atoms with van der Waals surface area (Å²) in [6.07, 6.45) is 3.79. The molecule has 0 saturated heterocycles. The Morgan fingerprint density at radius 3 is 2.38 bits per heavy atom. The first-order chi connectivity index (χ1) is 9.95. The molecule has 2 aromatic rings. The van der Waals surface area contributed by atoms with E-state index in [9.17, 15) is 5.11 Å². The fourth-order valence-corrected chi connectivity index (χ4v) is 3.95. The third kappa shape index (κ3) is 3.13. The van der Waals surface area contributed by atoms with Crippen LogP contribution in [-0.4, -0.2) is 5.11 Å². The van der Waals surface area contributed by atoms with Crippen LogP contribution in [0.3, 0.4) is 0 Å². The van der Waals surface area contributed by atoms with Gasteiger partial charge in [0.2, 0.25) is 0 Å². The predicted molar refractivity (Wildman–Crippen MR) is 92.4 cm³/mol. The first kappa shape index (κ1) is 15.0. The van der Waals surface area contributed by atoms with Gasteiger partial charge in [0.05, 0.1) is 0 Å². The Hall–Kier alpha value is -0.960. The van der Waals surface area contributed by atoms with Crippen molar-refractivity contribution in [3.05, 3.63) is 67.1 Å². The average molecular weight is 384 g/mol. The van der Waals surface area contributed by atoms with Gasteiger partial charge >= 0.3 is 0 Å². The van der Waals surface area contributed by atoms with Gasteiger partial charge in [0, 0.05) is 26.5 Å². The molecule has 4 heteroatoms. The summed E-state index contributed by atoms with van der Waals surface area (Å²) in [7, 11) is 0. The molecule has 0 saturated carbocycles. The van der Waals surface area contributed by atoms with E-state index in [-0.39, 0.29) is 0 Å². The topological polar surface area (TPSA) is 20.2 Å². The summed E-state index contributed by atoms with van der Waals surface area (Å²) in [5.74, 6) is 0.297. The summed E-state index contributed by atoms with van der Waals surface area (Å²) in [6.45, 7) is 1.85. The Bertz CT molecular complexity index is 766. The van der Waals surface area contributed by atoms with Crippen LogP contribution in [0.2, 0.25) is 10.0 Å². The molecular formula is C17H13BrCl2O. The molecule has 0 fully saturated rings. The van der Waals surface area contributed by atoms with Crippen molar-refractivity contribution in [2.24, 2.45) is 0 Å². The molecule has 1 aliphatic rings. The Kier molecular flexibility index (Phi) is 4.04. The van der Waals surface area contributed by atoms with E-state index in [1.165, 1.54) is 11.1 Å². The standard InChI is InChI=1S/C17H13BrCl2O/c1-9-4-13(19)7-12(17(9)21)5-11-6-14(20)8-15(18)16(11)10-2-3-10/h2,4,6-8,21H,3,5H2,1H3. The van der Waals surface area contributed by atoms with E-state index < -0.39 is 0 Å². The number of aryl methyl sites for hydroxylation is 1. The zero-order valence-electron chi connectivity index (χ0n) is 11.4. The molecule has 0 bridgehead atoms. The fourth-order valence-electron chi connectivity index (χ4n) is 2.53. The summed E-state index contributed by atoms with van der Waals surface area (Å²) < 4.78 is 0.993. The van der Waals surface area contributed by atoms with Gasteiger partial charge < -0.3 is 5.11 Å². The maximum atomic E-state index is 10.2. The average Bonchev–Trinajstić information content (AvgIpc) is 3.19. The summed E-state index contributed by atoms with van der Waals surface area (Å²) in [5.41, 5.74) is 5.18. The van der Waals surface area contributed by atoms with E-state index >= 15 is 0 Å². The molecule has 0 aliphatic heterocycles. The van der Waals surface area contributed by atoms with Crippen molar-refractivity contribution in [2.75, 3.05) is 0 Å². The van der Waals surface area contributed by atoms with Crippen molar-refractivity contribution < 1.29 is 5.11 Å². The third-order valence-electron chi connectivity index (χ3n) is 3.59. The maximum absolute atomic E-state index is 10.2. The van der Waals surface area contributed by atoms with Crippen LogP contribution < -0.4 is 0 Å². The molecule has 1 aliphatic carbocycles. The maximum Gasteiger partial charge on any atom is 0.122 e. The zero-order chi connectivity index (χ0) is 15.1. The Balaban J connectivity index is 2.08. The number of allylic oxidation sites excluding steroid dienone is 2. The second kappa shape index (κ2) is 5.68. The highest BCUT2D eigenvalue weighted by Gasteiger charge is 2.20. The summed E-state index contributed by atoms with van der Waals surface area (Å²) in [4.78, 5) is 0. The molecule has 2 aromatic carbocycles. The van der Waals surface area contributed by atoms with Gasteiger partial charge in [0.1, 0.15) is 5.75 Å². The van der Waals surface area contributed by atoms with Gasteiger partial charge in [-0.1, -0.05) is 45.2 Å². The third-order valence-corrected chi connectivity index (χ3v) is 4.65. The first-order valence-corrected chi connectivity index (χ1v) is 8.16. The molecule has 3 rings (SSSR count). The highest BCUT2D eigenvalue weighted by atomic mass is 79.9. The van der Waals surface area contributed by atoms with E-state index in [2.05, 4.69) is 22.0 Å². The van der Waals surface area contributed by atoms with Gasteiger partial charge in [-0.3, -0.25) is 0 Å². The monoisotopic (exact) mass is 382 g/mol. The molecule has 0 atom stereocenters. The van der Waals surface area contributed by atoms with Crippen LogP contribution in [0.1, 0.15) is 28.7 Å². The van der Waals surface area contributed by atoms with Crippen molar-refractivity contribution in [3.63, 3.8) is 0 Å². The zero-order valence-corrected chi connectivity index (χ0v) is 14.5. The van der Waals surface area contributed by atoms with E-state index in [4.69, 9.17) is 23.2 Å². The molecule has 1 nitrogen and oxygen atoms in total. The SMILES string of the molecule is Cc1cc(Cl)cc(Cc2cc(Cl)cc(Br)c2C2=CC2)c1O. The second-order valence-corrected chi connectivity index (χ2v) is 6.99. The molecule has 0 aromatic heterocycles. The van der Waals surface area contributed by atoms with Crippen LogP contribution in [0.4, 0.5) is 0 Å². The highest BCUT2D eigenvalue weighted by Crippen LogP contribution is 2.41. The minimum absolute atomic E-state index is 0.297. The number of phenolic OH excluding ortho intramolecular Hbond substituents is 1. The van der Waals surface area contributed by atoms with Crippen LogP contribution in [0, 0.1) is 6.92 Å². The molecule has 0 heterocycles. The summed E-state index contributed by atoms with van der Waals surface area (Å²) in [6, 6.07) is 7.43. The summed E-state index contributed by atoms with van der Waals surface area (Å²) >= 11 is 15.9. The van der Waals surface area contributed by atoms with E-state index in [1.54, 1.807) is 6.07 Å². The number of benzene rings is 2. The molecule has 0 amide bonds. The van der Waals surface area contributed by atoms with Crippen LogP contribution in [-0.2, 0) is 6.42 Å². The lowest BCUT2D eigenvalue weighted by molar-refractivity contribution is 0.465. The van der Waals surface area contributed by atoms with Crippen molar-refractivity contribution >= 4 is 44.7 Å². The molecule has 0 spiro atoms. The largest absolute Gasteiger partial charge is 0.507 e. The minimum Gasteiger partial charge on any atom is -0.507 e. The Morgan fingerprint density at radius 2 is 1.71 bits per heavy atom. The number of rotatable bonds is 3. The lowest BCUT2D eigenvalue weighted by atomic mass is 9.96. The highest BCUT2D eigenvalue weighted by molar-refractivity contribution is 9.10. The van der Waals surface area contributed by atoms with Crippen molar-refractivity contribution in [2.45, 2.75) is 19.8 Å². The van der Waals surface area contributed by atoms with E-state index in [1.807, 2.05) is 25.1 Å². The molecule has 108 valence electrons. The minimum atomic E-state index is 0.297.